The molecule has 0 spiro atoms. The summed E-state index contributed by atoms with van der Waals surface area (Å²) in [7, 11) is -5.95. The van der Waals surface area contributed by atoms with E-state index in [1.807, 2.05) is 39.0 Å². The van der Waals surface area contributed by atoms with Gasteiger partial charge in [-0.2, -0.15) is 13.0 Å². The molecule has 0 aromatic heterocycles. The molecule has 12 nitrogen and oxygen atoms in total. The van der Waals surface area contributed by atoms with E-state index in [1.165, 1.54) is 24.3 Å². The van der Waals surface area contributed by atoms with Gasteiger partial charge in [0.25, 0.3) is 10.1 Å². The quantitative estimate of drug-likeness (QED) is 0.112. The Kier molecular flexibility index (Phi) is 13.6. The van der Waals surface area contributed by atoms with E-state index in [-0.39, 0.29) is 45.8 Å². The Hall–Kier alpha value is -2.40. The fourth-order valence-electron chi connectivity index (χ4n) is 6.69. The van der Waals surface area contributed by atoms with Gasteiger partial charge in [0, 0.05) is 68.3 Å². The first-order chi connectivity index (χ1) is 22.5. The number of hydrogen-bond acceptors (Lipinski definition) is 9. The van der Waals surface area contributed by atoms with Crippen molar-refractivity contribution in [2.45, 2.75) is 73.5 Å². The number of anilines is 1. The molecule has 4 rings (SSSR count). The largest absolute Gasteiger partial charge is 1.00 e. The maximum atomic E-state index is 12.0. The van der Waals surface area contributed by atoms with Crippen LogP contribution >= 0.6 is 0 Å². The Bertz CT molecular complexity index is 1870. The summed E-state index contributed by atoms with van der Waals surface area (Å²) in [5.41, 5.74) is 3.30. The van der Waals surface area contributed by atoms with Gasteiger partial charge in [0.1, 0.15) is 16.7 Å². The number of fused-ring (bicyclic) bond motifs is 2. The third-order valence-corrected chi connectivity index (χ3v) is 10.9. The molecule has 0 fully saturated rings. The molecule has 1 atom stereocenters. The van der Waals surface area contributed by atoms with Crippen molar-refractivity contribution < 1.29 is 79.4 Å². The van der Waals surface area contributed by atoms with Crippen molar-refractivity contribution in [3.8, 4) is 0 Å². The summed E-state index contributed by atoms with van der Waals surface area (Å²) in [5, 5.41) is 9.07. The number of benzene rings is 2. The molecule has 2 aliphatic heterocycles. The normalized spacial score (nSPS) is 19.4. The van der Waals surface area contributed by atoms with Gasteiger partial charge >= 0.3 is 35.5 Å². The molecular weight excluding hydrogens is 684 g/mol. The van der Waals surface area contributed by atoms with E-state index in [9.17, 15) is 30.7 Å². The van der Waals surface area contributed by atoms with E-state index in [2.05, 4.69) is 9.48 Å². The maximum absolute atomic E-state index is 12.0. The van der Waals surface area contributed by atoms with Gasteiger partial charge in [-0.1, -0.05) is 12.5 Å². The monoisotopic (exact) mass is 727 g/mol. The van der Waals surface area contributed by atoms with Gasteiger partial charge in [0.2, 0.25) is 5.69 Å². The van der Waals surface area contributed by atoms with Gasteiger partial charge in [0.15, 0.2) is 12.3 Å². The SMILES string of the molecule is COCC[N+]1=C(/C=C/C=C2/N(CCCCCC(=O)O)c3ccc(S(=O)(=O)[O-])cc3C2(C)CCOC)C(C)(C)c2cc(S(=O)(=O)O)ccc21.[Na+]. The molecule has 2 heterocycles. The smallest absolute Gasteiger partial charge is 0.744 e. The second-order valence-electron chi connectivity index (χ2n) is 12.8. The number of unbranched alkanes of at least 4 members (excludes halogenated alkanes) is 2. The van der Waals surface area contributed by atoms with Gasteiger partial charge in [0.05, 0.1) is 15.2 Å². The van der Waals surface area contributed by atoms with Crippen LogP contribution in [0.25, 0.3) is 0 Å². The predicted octanol–water partition coefficient (Wildman–Crippen LogP) is 1.76. The van der Waals surface area contributed by atoms with Gasteiger partial charge in [-0.3, -0.25) is 9.35 Å². The molecule has 262 valence electrons. The molecule has 0 saturated heterocycles. The Morgan fingerprint density at radius 1 is 0.959 bits per heavy atom. The average Bonchev–Trinajstić information content (AvgIpc) is 3.37. The fourth-order valence-corrected chi connectivity index (χ4v) is 7.69. The number of carboxylic acids is 1. The van der Waals surface area contributed by atoms with Crippen molar-refractivity contribution in [2.75, 3.05) is 45.4 Å². The van der Waals surface area contributed by atoms with Gasteiger partial charge in [-0.15, -0.1) is 0 Å². The third kappa shape index (κ3) is 8.92. The minimum Gasteiger partial charge on any atom is -0.744 e. The molecule has 2 aliphatic rings. The summed E-state index contributed by atoms with van der Waals surface area (Å²) in [6.45, 7) is 7.71. The predicted molar refractivity (Wildman–Crippen MR) is 180 cm³/mol. The molecule has 0 aliphatic carbocycles. The molecule has 15 heteroatoms. The molecule has 49 heavy (non-hydrogen) atoms. The number of rotatable bonds is 16. The molecule has 0 bridgehead atoms. The second kappa shape index (κ2) is 16.3. The minimum atomic E-state index is -4.72. The second-order valence-corrected chi connectivity index (χ2v) is 15.6. The molecule has 0 amide bonds. The number of hydrogen-bond donors (Lipinski definition) is 2. The van der Waals surface area contributed by atoms with E-state index in [4.69, 9.17) is 14.6 Å². The number of carboxylic acid groups (broad SMARTS) is 1. The molecule has 2 aromatic rings. The summed E-state index contributed by atoms with van der Waals surface area (Å²) in [4.78, 5) is 12.6. The number of ether oxygens (including phenoxy) is 2. The zero-order valence-electron chi connectivity index (χ0n) is 28.9. The molecule has 2 aromatic carbocycles. The summed E-state index contributed by atoms with van der Waals surface area (Å²) < 4.78 is 82.7. The minimum absolute atomic E-state index is 0. The van der Waals surface area contributed by atoms with E-state index in [1.54, 1.807) is 26.4 Å². The summed E-state index contributed by atoms with van der Waals surface area (Å²) >= 11 is 0. The third-order valence-electron chi connectivity index (χ3n) is 9.26. The van der Waals surface area contributed by atoms with Crippen LogP contribution in [0.4, 0.5) is 11.4 Å². The number of nitrogens with zero attached hydrogens (tertiary/aromatic N) is 2. The van der Waals surface area contributed by atoms with Crippen LogP contribution in [0.2, 0.25) is 0 Å². The van der Waals surface area contributed by atoms with Crippen LogP contribution in [-0.4, -0.2) is 87.8 Å². The van der Waals surface area contributed by atoms with Crippen molar-refractivity contribution in [2.24, 2.45) is 0 Å². The Morgan fingerprint density at radius 3 is 2.22 bits per heavy atom. The van der Waals surface area contributed by atoms with Crippen LogP contribution in [0.3, 0.4) is 0 Å². The number of allylic oxidation sites excluding steroid dienone is 4. The average molecular weight is 728 g/mol. The van der Waals surface area contributed by atoms with Gasteiger partial charge < -0.3 is 24.0 Å². The Morgan fingerprint density at radius 2 is 1.61 bits per heavy atom. The fraction of sp³-hybridized carbons (Fsp3) is 0.471. The van der Waals surface area contributed by atoms with Crippen LogP contribution < -0.4 is 34.5 Å². The van der Waals surface area contributed by atoms with Gasteiger partial charge in [-0.25, -0.2) is 8.42 Å². The van der Waals surface area contributed by atoms with Crippen molar-refractivity contribution in [3.63, 3.8) is 0 Å². The van der Waals surface area contributed by atoms with E-state index in [0.29, 0.717) is 57.6 Å². The first kappa shape index (κ1) is 41.0. The van der Waals surface area contributed by atoms with E-state index in [0.717, 1.165) is 28.3 Å². The van der Waals surface area contributed by atoms with Crippen LogP contribution in [0.15, 0.2) is 70.1 Å². The van der Waals surface area contributed by atoms with Crippen LogP contribution in [-0.2, 0) is 45.3 Å². The molecular formula is C34H44N2NaO10S2+. The van der Waals surface area contributed by atoms with Crippen LogP contribution in [0, 0.1) is 0 Å². The van der Waals surface area contributed by atoms with Crippen molar-refractivity contribution in [1.82, 2.24) is 0 Å². The first-order valence-electron chi connectivity index (χ1n) is 15.7. The topological polar surface area (TPSA) is 174 Å². The summed E-state index contributed by atoms with van der Waals surface area (Å²) in [5.74, 6) is -0.853. The van der Waals surface area contributed by atoms with Crippen LogP contribution in [0.5, 0.6) is 0 Å². The van der Waals surface area contributed by atoms with Crippen LogP contribution in [0.1, 0.15) is 64.0 Å². The van der Waals surface area contributed by atoms with Crippen molar-refractivity contribution in [1.29, 1.82) is 0 Å². The van der Waals surface area contributed by atoms with E-state index >= 15 is 0 Å². The zero-order chi connectivity index (χ0) is 35.5. The van der Waals surface area contributed by atoms with Gasteiger partial charge in [-0.05, 0) is 82.0 Å². The standard InChI is InChI=1S/C34H44N2O10S2.Na/c1-33(2)26-22-24(47(39,40)41)13-15-28(26)36(19-21-46-5)30(33)10-9-11-31-34(3,17-20-45-4)27-23-25(48(42,43)44)14-16-29(27)35(31)18-8-6-7-12-32(37)38;/h9-11,13-16,22-23H,6-8,12,17-21H2,1-5H3,(H2-,37,38,39,40,41,42,43,44);/q;+1. The number of carbonyl (C=O) groups is 1. The summed E-state index contributed by atoms with van der Waals surface area (Å²) in [6.07, 6.45) is 8.25. The van der Waals surface area contributed by atoms with Crippen molar-refractivity contribution >= 4 is 43.3 Å². The Labute approximate surface area is 311 Å². The maximum Gasteiger partial charge on any atom is 1.00 e. The first-order valence-corrected chi connectivity index (χ1v) is 18.5. The van der Waals surface area contributed by atoms with E-state index < -0.39 is 37.0 Å². The zero-order valence-corrected chi connectivity index (χ0v) is 32.6. The number of aliphatic carboxylic acids is 1. The Balaban J connectivity index is 0.00000650. The molecule has 1 unspecified atom stereocenters. The summed E-state index contributed by atoms with van der Waals surface area (Å²) in [6, 6.07) is 8.96. The molecule has 0 radical (unpaired) electrons. The molecule has 2 N–H and O–H groups in total. The molecule has 0 saturated carbocycles. The van der Waals surface area contributed by atoms with Crippen molar-refractivity contribution in [3.05, 3.63) is 71.5 Å². The number of methoxy groups -OCH3 is 2.